The van der Waals surface area contributed by atoms with Crippen molar-refractivity contribution in [3.8, 4) is 0 Å². The lowest BCUT2D eigenvalue weighted by Gasteiger charge is -2.34. The summed E-state index contributed by atoms with van der Waals surface area (Å²) in [5.74, 6) is -2.40. The predicted molar refractivity (Wildman–Crippen MR) is 77.5 cm³/mol. The SMILES string of the molecule is NC(c1ccc(Br)c(Cl)c1F)C1CCCC(C(F)(F)F)C1. The van der Waals surface area contributed by atoms with Crippen molar-refractivity contribution >= 4 is 27.5 Å². The summed E-state index contributed by atoms with van der Waals surface area (Å²) >= 11 is 8.91. The third-order valence-electron chi connectivity index (χ3n) is 4.11. The third-order valence-corrected chi connectivity index (χ3v) is 5.37. The highest BCUT2D eigenvalue weighted by molar-refractivity contribution is 9.10. The van der Waals surface area contributed by atoms with Crippen LogP contribution in [0.15, 0.2) is 16.6 Å². The maximum atomic E-state index is 14.1. The van der Waals surface area contributed by atoms with Gasteiger partial charge in [-0.05, 0) is 47.2 Å². The molecule has 3 unspecified atom stereocenters. The maximum absolute atomic E-state index is 14.1. The second-order valence-corrected chi connectivity index (χ2v) is 6.69. The molecule has 3 atom stereocenters. The quantitative estimate of drug-likeness (QED) is 0.517. The summed E-state index contributed by atoms with van der Waals surface area (Å²) in [6.45, 7) is 0. The average Bonchev–Trinajstić information content (AvgIpc) is 2.43. The van der Waals surface area contributed by atoms with Crippen molar-refractivity contribution in [2.75, 3.05) is 0 Å². The number of alkyl halides is 3. The van der Waals surface area contributed by atoms with Crippen molar-refractivity contribution in [3.05, 3.63) is 33.0 Å². The lowest BCUT2D eigenvalue weighted by atomic mass is 9.76. The van der Waals surface area contributed by atoms with Crippen molar-refractivity contribution in [2.24, 2.45) is 17.6 Å². The van der Waals surface area contributed by atoms with Crippen LogP contribution in [-0.4, -0.2) is 6.18 Å². The van der Waals surface area contributed by atoms with Crippen molar-refractivity contribution in [3.63, 3.8) is 0 Å². The Morgan fingerprint density at radius 3 is 2.57 bits per heavy atom. The fraction of sp³-hybridized carbons (Fsp3) is 0.571. The predicted octanol–water partition coefficient (Wildman–Crippen LogP) is 5.61. The molecule has 2 rings (SSSR count). The number of rotatable bonds is 2. The summed E-state index contributed by atoms with van der Waals surface area (Å²) in [6.07, 6.45) is -3.13. The van der Waals surface area contributed by atoms with Gasteiger partial charge in [0.25, 0.3) is 0 Å². The van der Waals surface area contributed by atoms with Gasteiger partial charge in [-0.15, -0.1) is 0 Å². The minimum absolute atomic E-state index is 0.0577. The zero-order valence-corrected chi connectivity index (χ0v) is 13.4. The molecule has 1 aromatic carbocycles. The molecule has 1 aromatic rings. The highest BCUT2D eigenvalue weighted by Gasteiger charge is 2.43. The van der Waals surface area contributed by atoms with Gasteiger partial charge in [0.15, 0.2) is 0 Å². The minimum atomic E-state index is -4.21. The van der Waals surface area contributed by atoms with Gasteiger partial charge in [-0.1, -0.05) is 24.1 Å². The van der Waals surface area contributed by atoms with Crippen molar-refractivity contribution in [1.29, 1.82) is 0 Å². The van der Waals surface area contributed by atoms with Gasteiger partial charge in [0.1, 0.15) is 5.82 Å². The van der Waals surface area contributed by atoms with Crippen molar-refractivity contribution < 1.29 is 17.6 Å². The first kappa shape index (κ1) is 17.0. The van der Waals surface area contributed by atoms with E-state index < -0.39 is 29.9 Å². The molecule has 1 fully saturated rings. The zero-order chi connectivity index (χ0) is 15.8. The molecule has 0 radical (unpaired) electrons. The van der Waals surface area contributed by atoms with Crippen molar-refractivity contribution in [1.82, 2.24) is 0 Å². The van der Waals surface area contributed by atoms with E-state index in [1.165, 1.54) is 6.07 Å². The Kier molecular flexibility index (Phi) is 5.21. The number of nitrogens with two attached hydrogens (primary N) is 1. The first-order valence-corrected chi connectivity index (χ1v) is 7.84. The molecule has 0 spiro atoms. The fourth-order valence-corrected chi connectivity index (χ4v) is 3.38. The zero-order valence-electron chi connectivity index (χ0n) is 11.1. The van der Waals surface area contributed by atoms with Gasteiger partial charge in [0.05, 0.1) is 10.9 Å². The molecule has 0 saturated heterocycles. The topological polar surface area (TPSA) is 26.0 Å². The van der Waals surface area contributed by atoms with E-state index in [0.717, 1.165) is 0 Å². The van der Waals surface area contributed by atoms with E-state index in [1.807, 2.05) is 0 Å². The Bertz CT molecular complexity index is 520. The molecule has 1 aliphatic rings. The number of hydrogen-bond acceptors (Lipinski definition) is 1. The van der Waals surface area contributed by atoms with Crippen LogP contribution in [0, 0.1) is 17.7 Å². The molecule has 1 saturated carbocycles. The smallest absolute Gasteiger partial charge is 0.324 e. The van der Waals surface area contributed by atoms with Gasteiger partial charge < -0.3 is 5.73 Å². The van der Waals surface area contributed by atoms with E-state index >= 15 is 0 Å². The van der Waals surface area contributed by atoms with E-state index in [1.54, 1.807) is 6.07 Å². The molecule has 0 amide bonds. The molecule has 1 nitrogen and oxygen atoms in total. The summed E-state index contributed by atoms with van der Waals surface area (Å²) in [5, 5.41) is -0.0915. The molecule has 0 aromatic heterocycles. The maximum Gasteiger partial charge on any atom is 0.391 e. The number of hydrogen-bond donors (Lipinski definition) is 1. The Morgan fingerprint density at radius 1 is 1.29 bits per heavy atom. The molecular formula is C14H15BrClF4N. The van der Waals surface area contributed by atoms with Crippen molar-refractivity contribution in [2.45, 2.75) is 37.9 Å². The highest BCUT2D eigenvalue weighted by Crippen LogP contribution is 2.44. The van der Waals surface area contributed by atoms with E-state index in [9.17, 15) is 17.6 Å². The molecule has 1 aliphatic carbocycles. The van der Waals surface area contributed by atoms with E-state index in [4.69, 9.17) is 17.3 Å². The second-order valence-electron chi connectivity index (χ2n) is 5.46. The van der Waals surface area contributed by atoms with Crippen LogP contribution in [0.25, 0.3) is 0 Å². The Balaban J connectivity index is 2.20. The molecule has 118 valence electrons. The normalized spacial score (nSPS) is 24.9. The first-order valence-electron chi connectivity index (χ1n) is 6.67. The van der Waals surface area contributed by atoms with E-state index in [2.05, 4.69) is 15.9 Å². The van der Waals surface area contributed by atoms with Crippen LogP contribution < -0.4 is 5.73 Å². The molecule has 0 aliphatic heterocycles. The van der Waals surface area contributed by atoms with Gasteiger partial charge >= 0.3 is 6.18 Å². The van der Waals surface area contributed by atoms with Crippen LogP contribution in [-0.2, 0) is 0 Å². The van der Waals surface area contributed by atoms with Crippen LogP contribution in [0.4, 0.5) is 17.6 Å². The van der Waals surface area contributed by atoms with E-state index in [-0.39, 0.29) is 23.4 Å². The Labute approximate surface area is 134 Å². The summed E-state index contributed by atoms with van der Waals surface area (Å²) in [7, 11) is 0. The molecule has 0 heterocycles. The summed E-state index contributed by atoms with van der Waals surface area (Å²) in [6, 6.07) is 2.26. The van der Waals surface area contributed by atoms with Gasteiger partial charge in [-0.2, -0.15) is 13.2 Å². The lowest BCUT2D eigenvalue weighted by Crippen LogP contribution is -2.33. The molecular weight excluding hydrogens is 374 g/mol. The second kappa shape index (κ2) is 6.42. The molecule has 2 N–H and O–H groups in total. The number of halogens is 6. The van der Waals surface area contributed by atoms with Gasteiger partial charge in [-0.25, -0.2) is 4.39 Å². The van der Waals surface area contributed by atoms with Gasteiger partial charge in [0, 0.05) is 16.1 Å². The summed E-state index contributed by atoms with van der Waals surface area (Å²) < 4.78 is 53.0. The van der Waals surface area contributed by atoms with Gasteiger partial charge in [-0.3, -0.25) is 0 Å². The third kappa shape index (κ3) is 3.71. The highest BCUT2D eigenvalue weighted by atomic mass is 79.9. The minimum Gasteiger partial charge on any atom is -0.324 e. The largest absolute Gasteiger partial charge is 0.391 e. The Morgan fingerprint density at radius 2 is 1.95 bits per heavy atom. The first-order chi connectivity index (χ1) is 9.71. The summed E-state index contributed by atoms with van der Waals surface area (Å²) in [5.41, 5.74) is 6.19. The number of benzene rings is 1. The fourth-order valence-electron chi connectivity index (χ4n) is 2.90. The monoisotopic (exact) mass is 387 g/mol. The van der Waals surface area contributed by atoms with Crippen LogP contribution in [0.2, 0.25) is 5.02 Å². The molecule has 21 heavy (non-hydrogen) atoms. The van der Waals surface area contributed by atoms with Crippen LogP contribution >= 0.6 is 27.5 Å². The molecule has 7 heteroatoms. The average molecular weight is 389 g/mol. The Hall–Kier alpha value is -0.330. The van der Waals surface area contributed by atoms with Crippen LogP contribution in [0.5, 0.6) is 0 Å². The van der Waals surface area contributed by atoms with E-state index in [0.29, 0.717) is 17.3 Å². The summed E-state index contributed by atoms with van der Waals surface area (Å²) in [4.78, 5) is 0. The lowest BCUT2D eigenvalue weighted by molar-refractivity contribution is -0.186. The van der Waals surface area contributed by atoms with Crippen LogP contribution in [0.1, 0.15) is 37.3 Å². The van der Waals surface area contributed by atoms with Gasteiger partial charge in [0.2, 0.25) is 0 Å². The van der Waals surface area contributed by atoms with Crippen LogP contribution in [0.3, 0.4) is 0 Å². The molecule has 0 bridgehead atoms. The standard InChI is InChI=1S/C14H15BrClF4N/c15-10-5-4-9(12(17)11(10)16)13(21)7-2-1-3-8(6-7)14(18,19)20/h4-5,7-8,13H,1-3,6,21H2.